The maximum atomic E-state index is 13.0. The van der Waals surface area contributed by atoms with E-state index >= 15 is 0 Å². The monoisotopic (exact) mass is 195 g/mol. The normalized spacial score (nSPS) is 13.4. The van der Waals surface area contributed by atoms with Crippen molar-refractivity contribution in [2.75, 3.05) is 0 Å². The Labute approximate surface area is 85.1 Å². The van der Waals surface area contributed by atoms with Gasteiger partial charge in [0.05, 0.1) is 0 Å². The van der Waals surface area contributed by atoms with Gasteiger partial charge in [0.25, 0.3) is 0 Å². The van der Waals surface area contributed by atoms with Gasteiger partial charge in [-0.2, -0.15) is 0 Å². The molecule has 2 N–H and O–H groups in total. The van der Waals surface area contributed by atoms with Gasteiger partial charge in [0.2, 0.25) is 0 Å². The van der Waals surface area contributed by atoms with Gasteiger partial charge in [-0.1, -0.05) is 13.8 Å². The van der Waals surface area contributed by atoms with Gasteiger partial charge in [0.15, 0.2) is 0 Å². The molecule has 0 saturated heterocycles. The SMILES string of the molecule is Cc1cc(F)cc(C)c1C(N)C(C)C. The van der Waals surface area contributed by atoms with Gasteiger partial charge in [-0.05, 0) is 48.6 Å². The van der Waals surface area contributed by atoms with Gasteiger partial charge in [0, 0.05) is 6.04 Å². The quantitative estimate of drug-likeness (QED) is 0.771. The lowest BCUT2D eigenvalue weighted by Gasteiger charge is -2.20. The van der Waals surface area contributed by atoms with Crippen LogP contribution >= 0.6 is 0 Å². The fraction of sp³-hybridized carbons (Fsp3) is 0.500. The predicted molar refractivity (Wildman–Crippen MR) is 57.6 cm³/mol. The van der Waals surface area contributed by atoms with Crippen LogP contribution in [-0.4, -0.2) is 0 Å². The van der Waals surface area contributed by atoms with Crippen LogP contribution in [0.4, 0.5) is 4.39 Å². The van der Waals surface area contributed by atoms with Crippen LogP contribution < -0.4 is 5.73 Å². The van der Waals surface area contributed by atoms with Crippen LogP contribution in [0.25, 0.3) is 0 Å². The molecule has 0 amide bonds. The van der Waals surface area contributed by atoms with Gasteiger partial charge in [-0.3, -0.25) is 0 Å². The van der Waals surface area contributed by atoms with Crippen LogP contribution in [-0.2, 0) is 0 Å². The number of rotatable bonds is 2. The Bertz CT molecular complexity index is 308. The fourth-order valence-corrected chi connectivity index (χ4v) is 1.78. The van der Waals surface area contributed by atoms with Crippen LogP contribution in [0.15, 0.2) is 12.1 Å². The van der Waals surface area contributed by atoms with Crippen molar-refractivity contribution in [2.45, 2.75) is 33.7 Å². The minimum absolute atomic E-state index is 0.00407. The molecule has 1 atom stereocenters. The van der Waals surface area contributed by atoms with E-state index in [1.54, 1.807) is 12.1 Å². The molecule has 1 unspecified atom stereocenters. The van der Waals surface area contributed by atoms with E-state index in [9.17, 15) is 4.39 Å². The van der Waals surface area contributed by atoms with Crippen molar-refractivity contribution >= 4 is 0 Å². The van der Waals surface area contributed by atoms with Crippen molar-refractivity contribution in [3.63, 3.8) is 0 Å². The summed E-state index contributed by atoms with van der Waals surface area (Å²) in [5.74, 6) is 0.192. The molecule has 1 aromatic rings. The topological polar surface area (TPSA) is 26.0 Å². The Morgan fingerprint density at radius 3 is 1.93 bits per heavy atom. The Balaban J connectivity index is 3.20. The molecule has 0 aromatic heterocycles. The average molecular weight is 195 g/mol. The highest BCUT2D eigenvalue weighted by atomic mass is 19.1. The van der Waals surface area contributed by atoms with Crippen molar-refractivity contribution in [2.24, 2.45) is 11.7 Å². The second kappa shape index (κ2) is 4.09. The Morgan fingerprint density at radius 1 is 1.14 bits per heavy atom. The maximum absolute atomic E-state index is 13.0. The largest absolute Gasteiger partial charge is 0.324 e. The van der Waals surface area contributed by atoms with Crippen LogP contribution in [0, 0.1) is 25.6 Å². The zero-order valence-electron chi connectivity index (χ0n) is 9.26. The summed E-state index contributed by atoms with van der Waals surface area (Å²) in [5, 5.41) is 0. The molecule has 1 rings (SSSR count). The molecule has 2 heteroatoms. The fourth-order valence-electron chi connectivity index (χ4n) is 1.78. The average Bonchev–Trinajstić information content (AvgIpc) is 2.01. The Morgan fingerprint density at radius 2 is 1.57 bits per heavy atom. The van der Waals surface area contributed by atoms with E-state index in [1.165, 1.54) is 0 Å². The molecular weight excluding hydrogens is 177 g/mol. The molecule has 1 nitrogen and oxygen atoms in total. The number of aryl methyl sites for hydroxylation is 2. The standard InChI is InChI=1S/C12H18FN/c1-7(2)12(14)11-8(3)5-10(13)6-9(11)4/h5-7,12H,14H2,1-4H3. The van der Waals surface area contributed by atoms with E-state index < -0.39 is 0 Å². The molecule has 0 saturated carbocycles. The smallest absolute Gasteiger partial charge is 0.123 e. The van der Waals surface area contributed by atoms with E-state index in [1.807, 2.05) is 13.8 Å². The third kappa shape index (κ3) is 2.13. The minimum Gasteiger partial charge on any atom is -0.324 e. The molecular formula is C12H18FN. The number of hydrogen-bond donors (Lipinski definition) is 1. The minimum atomic E-state index is -0.181. The number of nitrogens with two attached hydrogens (primary N) is 1. The third-order valence-electron chi connectivity index (χ3n) is 2.61. The molecule has 1 aromatic carbocycles. The molecule has 0 bridgehead atoms. The van der Waals surface area contributed by atoms with Gasteiger partial charge in [-0.25, -0.2) is 4.39 Å². The molecule has 0 aliphatic carbocycles. The number of halogens is 1. The molecule has 78 valence electrons. The van der Waals surface area contributed by atoms with Crippen molar-refractivity contribution in [3.8, 4) is 0 Å². The van der Waals surface area contributed by atoms with E-state index in [4.69, 9.17) is 5.73 Å². The first-order chi connectivity index (χ1) is 6.43. The summed E-state index contributed by atoms with van der Waals surface area (Å²) in [6, 6.07) is 3.09. The van der Waals surface area contributed by atoms with Crippen LogP contribution in [0.3, 0.4) is 0 Å². The van der Waals surface area contributed by atoms with Gasteiger partial charge >= 0.3 is 0 Å². The second-order valence-electron chi connectivity index (χ2n) is 4.22. The van der Waals surface area contributed by atoms with E-state index in [0.29, 0.717) is 5.92 Å². The summed E-state index contributed by atoms with van der Waals surface area (Å²) in [6.07, 6.45) is 0. The highest BCUT2D eigenvalue weighted by Crippen LogP contribution is 2.26. The summed E-state index contributed by atoms with van der Waals surface area (Å²) in [6.45, 7) is 7.97. The van der Waals surface area contributed by atoms with Crippen LogP contribution in [0.5, 0.6) is 0 Å². The zero-order chi connectivity index (χ0) is 10.9. The van der Waals surface area contributed by atoms with Gasteiger partial charge in [-0.15, -0.1) is 0 Å². The molecule has 0 spiro atoms. The summed E-state index contributed by atoms with van der Waals surface area (Å²) >= 11 is 0. The lowest BCUT2D eigenvalue weighted by atomic mass is 9.90. The van der Waals surface area contributed by atoms with E-state index in [0.717, 1.165) is 16.7 Å². The van der Waals surface area contributed by atoms with E-state index in [2.05, 4.69) is 13.8 Å². The lowest BCUT2D eigenvalue weighted by molar-refractivity contribution is 0.508. The summed E-state index contributed by atoms with van der Waals surface area (Å²) in [5.41, 5.74) is 9.05. The van der Waals surface area contributed by atoms with Gasteiger partial charge in [0.1, 0.15) is 5.82 Å². The second-order valence-corrected chi connectivity index (χ2v) is 4.22. The molecule has 0 aliphatic rings. The first kappa shape index (κ1) is 11.2. The number of benzene rings is 1. The summed E-state index contributed by atoms with van der Waals surface area (Å²) in [4.78, 5) is 0. The van der Waals surface area contributed by atoms with Gasteiger partial charge < -0.3 is 5.73 Å². The van der Waals surface area contributed by atoms with Crippen LogP contribution in [0.2, 0.25) is 0 Å². The molecule has 0 aliphatic heterocycles. The van der Waals surface area contributed by atoms with Crippen molar-refractivity contribution in [3.05, 3.63) is 34.6 Å². The zero-order valence-corrected chi connectivity index (χ0v) is 9.26. The molecule has 0 heterocycles. The highest BCUT2D eigenvalue weighted by Gasteiger charge is 2.15. The highest BCUT2D eigenvalue weighted by molar-refractivity contribution is 5.36. The predicted octanol–water partition coefficient (Wildman–Crippen LogP) is 3.10. The maximum Gasteiger partial charge on any atom is 0.123 e. The molecule has 14 heavy (non-hydrogen) atoms. The number of hydrogen-bond acceptors (Lipinski definition) is 1. The van der Waals surface area contributed by atoms with Crippen molar-refractivity contribution in [1.82, 2.24) is 0 Å². The summed E-state index contributed by atoms with van der Waals surface area (Å²) < 4.78 is 13.0. The first-order valence-corrected chi connectivity index (χ1v) is 4.95. The van der Waals surface area contributed by atoms with E-state index in [-0.39, 0.29) is 11.9 Å². The molecule has 0 radical (unpaired) electrons. The third-order valence-corrected chi connectivity index (χ3v) is 2.61. The Hall–Kier alpha value is -0.890. The van der Waals surface area contributed by atoms with Crippen molar-refractivity contribution < 1.29 is 4.39 Å². The molecule has 0 fully saturated rings. The van der Waals surface area contributed by atoms with Crippen molar-refractivity contribution in [1.29, 1.82) is 0 Å². The van der Waals surface area contributed by atoms with Crippen LogP contribution in [0.1, 0.15) is 36.6 Å². The lowest BCUT2D eigenvalue weighted by Crippen LogP contribution is -2.19. The Kier molecular flexibility index (Phi) is 3.27. The first-order valence-electron chi connectivity index (χ1n) is 4.95. The summed E-state index contributed by atoms with van der Waals surface area (Å²) in [7, 11) is 0.